The van der Waals surface area contributed by atoms with Gasteiger partial charge in [-0.05, 0) is 45.4 Å². The molecule has 0 fully saturated rings. The van der Waals surface area contributed by atoms with Gasteiger partial charge in [-0.25, -0.2) is 4.79 Å². The molecule has 0 radical (unpaired) electrons. The van der Waals surface area contributed by atoms with Crippen molar-refractivity contribution in [1.82, 2.24) is 5.32 Å². The summed E-state index contributed by atoms with van der Waals surface area (Å²) < 4.78 is 5.22. The van der Waals surface area contributed by atoms with Crippen LogP contribution in [-0.2, 0) is 9.53 Å². The van der Waals surface area contributed by atoms with Crippen LogP contribution in [0.3, 0.4) is 0 Å². The van der Waals surface area contributed by atoms with Crippen molar-refractivity contribution in [3.05, 3.63) is 0 Å². The van der Waals surface area contributed by atoms with Crippen LogP contribution in [0.15, 0.2) is 0 Å². The minimum absolute atomic E-state index is 0.0941. The maximum Gasteiger partial charge on any atom is 0.407 e. The number of hydrogen-bond donors (Lipinski definition) is 3. The summed E-state index contributed by atoms with van der Waals surface area (Å²) in [6, 6.07) is -0.537. The van der Waals surface area contributed by atoms with Gasteiger partial charge in [0.1, 0.15) is 5.60 Å². The molecule has 0 aromatic carbocycles. The largest absolute Gasteiger partial charge is 0.481 e. The predicted molar refractivity (Wildman–Crippen MR) is 89.2 cm³/mol. The Morgan fingerprint density at radius 2 is 1.61 bits per heavy atom. The third-order valence-electron chi connectivity index (χ3n) is 3.51. The van der Waals surface area contributed by atoms with E-state index in [-0.39, 0.29) is 18.3 Å². The smallest absolute Gasteiger partial charge is 0.407 e. The van der Waals surface area contributed by atoms with Gasteiger partial charge >= 0.3 is 12.1 Å². The Labute approximate surface area is 139 Å². The second-order valence-electron chi connectivity index (χ2n) is 7.87. The van der Waals surface area contributed by atoms with Crippen molar-refractivity contribution in [2.75, 3.05) is 0 Å². The lowest BCUT2D eigenvalue weighted by Crippen LogP contribution is -2.47. The van der Waals surface area contributed by atoms with Crippen LogP contribution in [0, 0.1) is 17.8 Å². The number of aliphatic hydroxyl groups excluding tert-OH is 1. The summed E-state index contributed by atoms with van der Waals surface area (Å²) in [4.78, 5) is 23.3. The molecule has 3 atom stereocenters. The molecule has 0 rings (SSSR count). The molecule has 0 unspecified atom stereocenters. The van der Waals surface area contributed by atoms with Crippen LogP contribution in [0.2, 0.25) is 0 Å². The van der Waals surface area contributed by atoms with Crippen LogP contribution in [0.4, 0.5) is 4.79 Å². The molecule has 6 nitrogen and oxygen atoms in total. The summed E-state index contributed by atoms with van der Waals surface area (Å²) in [5, 5.41) is 22.4. The van der Waals surface area contributed by atoms with E-state index < -0.39 is 35.7 Å². The SMILES string of the molecule is CC(C)C[C@H](NC(=O)OC(C)(C)C)[C@@H](O)C[C@H](C(=O)O)C(C)C. The van der Waals surface area contributed by atoms with E-state index in [1.807, 2.05) is 27.7 Å². The van der Waals surface area contributed by atoms with E-state index in [1.54, 1.807) is 20.8 Å². The lowest BCUT2D eigenvalue weighted by molar-refractivity contribution is -0.144. The molecule has 0 bridgehead atoms. The Morgan fingerprint density at radius 3 is 1.96 bits per heavy atom. The Hall–Kier alpha value is -1.30. The molecule has 3 N–H and O–H groups in total. The number of aliphatic carboxylic acids is 1. The zero-order valence-electron chi connectivity index (χ0n) is 15.4. The summed E-state index contributed by atoms with van der Waals surface area (Å²) in [5.74, 6) is -1.44. The average Bonchev–Trinajstić information content (AvgIpc) is 2.30. The number of rotatable bonds is 8. The Morgan fingerprint density at radius 1 is 1.09 bits per heavy atom. The number of carbonyl (C=O) groups is 2. The zero-order chi connectivity index (χ0) is 18.4. The van der Waals surface area contributed by atoms with Crippen molar-refractivity contribution in [3.8, 4) is 0 Å². The van der Waals surface area contributed by atoms with Crippen molar-refractivity contribution >= 4 is 12.1 Å². The molecule has 136 valence electrons. The van der Waals surface area contributed by atoms with Gasteiger partial charge in [0.2, 0.25) is 0 Å². The third kappa shape index (κ3) is 9.43. The summed E-state index contributed by atoms with van der Waals surface area (Å²) in [6.45, 7) is 12.9. The summed E-state index contributed by atoms with van der Waals surface area (Å²) in [6.07, 6.45) is -0.891. The van der Waals surface area contributed by atoms with E-state index >= 15 is 0 Å². The highest BCUT2D eigenvalue weighted by Gasteiger charge is 2.31. The van der Waals surface area contributed by atoms with Crippen molar-refractivity contribution in [1.29, 1.82) is 0 Å². The number of amides is 1. The number of carboxylic acid groups (broad SMARTS) is 1. The molecule has 23 heavy (non-hydrogen) atoms. The molecule has 0 saturated heterocycles. The second kappa shape index (κ2) is 9.11. The minimum atomic E-state index is -0.937. The minimum Gasteiger partial charge on any atom is -0.481 e. The molecule has 0 aliphatic rings. The number of alkyl carbamates (subject to hydrolysis) is 1. The van der Waals surface area contributed by atoms with Crippen LogP contribution in [0.25, 0.3) is 0 Å². The van der Waals surface area contributed by atoms with Crippen molar-refractivity contribution < 1.29 is 24.5 Å². The monoisotopic (exact) mass is 331 g/mol. The number of carboxylic acids is 1. The molecular weight excluding hydrogens is 298 g/mol. The van der Waals surface area contributed by atoms with Gasteiger partial charge in [0.25, 0.3) is 0 Å². The standard InChI is InChI=1S/C17H33NO5/c1-10(2)8-13(18-16(22)23-17(5,6)7)14(19)9-12(11(3)4)15(20)21/h10-14,19H,8-9H2,1-7H3,(H,18,22)(H,20,21)/t12-,13-,14-/m0/s1. The highest BCUT2D eigenvalue weighted by molar-refractivity contribution is 5.70. The fraction of sp³-hybridized carbons (Fsp3) is 0.882. The number of nitrogens with one attached hydrogen (secondary N) is 1. The first-order valence-electron chi connectivity index (χ1n) is 8.23. The summed E-state index contributed by atoms with van der Waals surface area (Å²) >= 11 is 0. The van der Waals surface area contributed by atoms with Crippen LogP contribution < -0.4 is 5.32 Å². The Bertz CT molecular complexity index is 387. The number of hydrogen-bond acceptors (Lipinski definition) is 4. The third-order valence-corrected chi connectivity index (χ3v) is 3.51. The van der Waals surface area contributed by atoms with Crippen LogP contribution in [-0.4, -0.2) is 40.0 Å². The van der Waals surface area contributed by atoms with Gasteiger partial charge in [-0.1, -0.05) is 27.7 Å². The van der Waals surface area contributed by atoms with Crippen molar-refractivity contribution in [2.45, 2.75) is 79.1 Å². The predicted octanol–water partition coefficient (Wildman–Crippen LogP) is 3.03. The van der Waals surface area contributed by atoms with Crippen LogP contribution in [0.5, 0.6) is 0 Å². The first kappa shape index (κ1) is 21.7. The fourth-order valence-electron chi connectivity index (χ4n) is 2.36. The van der Waals surface area contributed by atoms with Gasteiger partial charge in [0, 0.05) is 0 Å². The van der Waals surface area contributed by atoms with Gasteiger partial charge < -0.3 is 20.3 Å². The van der Waals surface area contributed by atoms with Gasteiger partial charge in [-0.15, -0.1) is 0 Å². The molecule has 0 aliphatic carbocycles. The van der Waals surface area contributed by atoms with E-state index in [2.05, 4.69) is 5.32 Å². The molecule has 0 heterocycles. The molecule has 0 spiro atoms. The quantitative estimate of drug-likeness (QED) is 0.635. The summed E-state index contributed by atoms with van der Waals surface area (Å²) in [5.41, 5.74) is -0.626. The molecule has 1 amide bonds. The first-order chi connectivity index (χ1) is 10.3. The van der Waals surface area contributed by atoms with E-state index in [0.717, 1.165) is 0 Å². The number of carbonyl (C=O) groups excluding carboxylic acids is 1. The molecular formula is C17H33NO5. The molecule has 0 aromatic heterocycles. The fourth-order valence-corrected chi connectivity index (χ4v) is 2.36. The van der Waals surface area contributed by atoms with Crippen LogP contribution >= 0.6 is 0 Å². The summed E-state index contributed by atoms with van der Waals surface area (Å²) in [7, 11) is 0. The first-order valence-corrected chi connectivity index (χ1v) is 8.23. The van der Waals surface area contributed by atoms with E-state index in [0.29, 0.717) is 6.42 Å². The van der Waals surface area contributed by atoms with E-state index in [9.17, 15) is 19.8 Å². The Kier molecular flexibility index (Phi) is 8.59. The van der Waals surface area contributed by atoms with Crippen molar-refractivity contribution in [3.63, 3.8) is 0 Å². The Balaban J connectivity index is 4.94. The number of aliphatic hydroxyl groups is 1. The van der Waals surface area contributed by atoms with Crippen molar-refractivity contribution in [2.24, 2.45) is 17.8 Å². The van der Waals surface area contributed by atoms with Gasteiger partial charge in [0.15, 0.2) is 0 Å². The molecule has 0 aliphatic heterocycles. The highest BCUT2D eigenvalue weighted by atomic mass is 16.6. The van der Waals surface area contributed by atoms with E-state index in [4.69, 9.17) is 4.74 Å². The van der Waals surface area contributed by atoms with E-state index in [1.165, 1.54) is 0 Å². The number of ether oxygens (including phenoxy) is 1. The average molecular weight is 331 g/mol. The maximum atomic E-state index is 11.9. The normalized spacial score (nSPS) is 16.1. The maximum absolute atomic E-state index is 11.9. The van der Waals surface area contributed by atoms with Gasteiger partial charge in [0.05, 0.1) is 18.1 Å². The van der Waals surface area contributed by atoms with Crippen LogP contribution in [0.1, 0.15) is 61.3 Å². The topological polar surface area (TPSA) is 95.9 Å². The van der Waals surface area contributed by atoms with Gasteiger partial charge in [-0.2, -0.15) is 0 Å². The lowest BCUT2D eigenvalue weighted by atomic mass is 9.86. The lowest BCUT2D eigenvalue weighted by Gasteiger charge is -2.29. The van der Waals surface area contributed by atoms with Gasteiger partial charge in [-0.3, -0.25) is 4.79 Å². The highest BCUT2D eigenvalue weighted by Crippen LogP contribution is 2.21. The second-order valence-corrected chi connectivity index (χ2v) is 7.87. The zero-order valence-corrected chi connectivity index (χ0v) is 15.4. The molecule has 0 saturated carbocycles. The molecule has 0 aromatic rings. The molecule has 6 heteroatoms.